The van der Waals surface area contributed by atoms with E-state index >= 15 is 0 Å². The number of nitrogens with two attached hydrogens (primary N) is 1. The van der Waals surface area contributed by atoms with E-state index in [9.17, 15) is 20.1 Å². The average Bonchev–Trinajstić information content (AvgIpc) is 2.73. The summed E-state index contributed by atoms with van der Waals surface area (Å²) in [6.07, 6.45) is 1.58. The molecule has 9 heteroatoms. The Balaban J connectivity index is 1.65. The molecule has 0 spiro atoms. The highest BCUT2D eigenvalue weighted by atomic mass is 35.5. The molecule has 0 saturated carbocycles. The van der Waals surface area contributed by atoms with Crippen molar-refractivity contribution in [3.63, 3.8) is 0 Å². The van der Waals surface area contributed by atoms with E-state index in [2.05, 4.69) is 5.32 Å². The molecule has 0 saturated heterocycles. The Bertz CT molecular complexity index is 843. The van der Waals surface area contributed by atoms with Gasteiger partial charge in [0.2, 0.25) is 0 Å². The molecule has 0 bridgehead atoms. The molecule has 0 radical (unpaired) electrons. The fraction of sp³-hybridized carbons (Fsp3) is 0.409. The minimum atomic E-state index is -0.860. The summed E-state index contributed by atoms with van der Waals surface area (Å²) in [4.78, 5) is 11.5. The lowest BCUT2D eigenvalue weighted by Crippen LogP contribution is -2.23. The second-order valence-electron chi connectivity index (χ2n) is 7.25. The zero-order chi connectivity index (χ0) is 22.8. The normalized spacial score (nSPS) is 13.0. The average molecular weight is 471 g/mol. The van der Waals surface area contributed by atoms with Gasteiger partial charge < -0.3 is 31.1 Å². The minimum absolute atomic E-state index is 0.0335. The third-order valence-electron chi connectivity index (χ3n) is 4.92. The molecular weight excluding hydrogens is 443 g/mol. The molecule has 2 aromatic rings. The lowest BCUT2D eigenvalue weighted by Gasteiger charge is -2.15. The quantitative estimate of drug-likeness (QED) is 0.219. The number of aliphatic hydroxyl groups excluding tert-OH is 1. The molecule has 2 aromatic carbocycles. The van der Waals surface area contributed by atoms with Gasteiger partial charge in [0.15, 0.2) is 11.5 Å². The minimum Gasteiger partial charge on any atom is -0.504 e. The Morgan fingerprint density at radius 1 is 1.13 bits per heavy atom. The number of nitrogen functional groups attached to an aromatic ring is 1. The number of aliphatic carboxylic acids is 1. The molecule has 31 heavy (non-hydrogen) atoms. The Labute approximate surface area is 191 Å². The van der Waals surface area contributed by atoms with E-state index in [1.54, 1.807) is 30.3 Å². The van der Waals surface area contributed by atoms with Crippen LogP contribution < -0.4 is 15.8 Å². The van der Waals surface area contributed by atoms with Gasteiger partial charge in [-0.1, -0.05) is 41.8 Å². The van der Waals surface area contributed by atoms with Crippen molar-refractivity contribution in [3.8, 4) is 11.5 Å². The molecule has 2 unspecified atom stereocenters. The van der Waals surface area contributed by atoms with E-state index in [0.717, 1.165) is 12.8 Å². The van der Waals surface area contributed by atoms with Gasteiger partial charge in [-0.2, -0.15) is 0 Å². The van der Waals surface area contributed by atoms with E-state index < -0.39 is 18.0 Å². The number of para-hydroxylation sites is 2. The molecule has 2 rings (SSSR count). The van der Waals surface area contributed by atoms with Gasteiger partial charge in [0.1, 0.15) is 0 Å². The number of halogens is 2. The number of rotatable bonds is 13. The van der Waals surface area contributed by atoms with Crippen molar-refractivity contribution in [2.24, 2.45) is 5.92 Å². The fourth-order valence-electron chi connectivity index (χ4n) is 3.08. The Morgan fingerprint density at radius 2 is 1.81 bits per heavy atom. The van der Waals surface area contributed by atoms with E-state index in [0.29, 0.717) is 47.3 Å². The number of hydrogen-bond donors (Lipinski definition) is 5. The predicted molar refractivity (Wildman–Crippen MR) is 122 cm³/mol. The molecule has 0 heterocycles. The second-order valence-corrected chi connectivity index (χ2v) is 8.07. The Kier molecular flexibility index (Phi) is 10.2. The number of ether oxygens (including phenoxy) is 1. The number of phenolic OH excluding ortho intramolecular Hbond substituents is 1. The van der Waals surface area contributed by atoms with Gasteiger partial charge in [-0.25, -0.2) is 0 Å². The zero-order valence-electron chi connectivity index (χ0n) is 17.1. The summed E-state index contributed by atoms with van der Waals surface area (Å²) in [5.74, 6) is -0.999. The molecule has 0 aliphatic rings. The van der Waals surface area contributed by atoms with E-state index in [1.165, 1.54) is 6.07 Å². The van der Waals surface area contributed by atoms with Crippen LogP contribution >= 0.6 is 23.2 Å². The Morgan fingerprint density at radius 3 is 2.45 bits per heavy atom. The van der Waals surface area contributed by atoms with E-state index in [4.69, 9.17) is 33.7 Å². The summed E-state index contributed by atoms with van der Waals surface area (Å²) >= 11 is 12.0. The standard InChI is InChI=1S/C22H28Cl2N2O5/c23-16-11-15(12-17(24)21(16)25)19(28)13-26-9-4-3-5-14(22(29)30)8-10-31-20-7-2-1-6-18(20)27/h1-2,6-7,11-12,14,19,26-28H,3-5,8-10,13,25H2,(H,29,30). The number of hydrogen-bond acceptors (Lipinski definition) is 6. The maximum absolute atomic E-state index is 11.5. The lowest BCUT2D eigenvalue weighted by atomic mass is 9.99. The molecule has 7 nitrogen and oxygen atoms in total. The van der Waals surface area contributed by atoms with E-state index in [1.807, 2.05) is 0 Å². The van der Waals surface area contributed by atoms with Crippen LogP contribution in [0.2, 0.25) is 10.0 Å². The number of anilines is 1. The first-order valence-electron chi connectivity index (χ1n) is 10.1. The first-order valence-corrected chi connectivity index (χ1v) is 10.8. The second kappa shape index (κ2) is 12.6. The maximum Gasteiger partial charge on any atom is 0.306 e. The summed E-state index contributed by atoms with van der Waals surface area (Å²) in [6.45, 7) is 1.16. The van der Waals surface area contributed by atoms with Crippen LogP contribution in [0.4, 0.5) is 5.69 Å². The molecule has 0 amide bonds. The molecule has 0 fully saturated rings. The van der Waals surface area contributed by atoms with Crippen molar-refractivity contribution in [1.82, 2.24) is 5.32 Å². The number of nitrogens with one attached hydrogen (secondary N) is 1. The van der Waals surface area contributed by atoms with Gasteiger partial charge >= 0.3 is 5.97 Å². The molecule has 0 aliphatic carbocycles. The van der Waals surface area contributed by atoms with Gasteiger partial charge in [0, 0.05) is 6.54 Å². The molecule has 0 aromatic heterocycles. The first-order chi connectivity index (χ1) is 14.8. The van der Waals surface area contributed by atoms with Gasteiger partial charge in [-0.3, -0.25) is 4.79 Å². The molecule has 170 valence electrons. The Hall–Kier alpha value is -2.19. The summed E-state index contributed by atoms with van der Waals surface area (Å²) in [5.41, 5.74) is 6.56. The predicted octanol–water partition coefficient (Wildman–Crippen LogP) is 4.24. The lowest BCUT2D eigenvalue weighted by molar-refractivity contribution is -0.142. The SMILES string of the molecule is Nc1c(Cl)cc(C(O)CNCCCCC(CCOc2ccccc2O)C(=O)O)cc1Cl. The van der Waals surface area contributed by atoms with Crippen LogP contribution in [0.5, 0.6) is 11.5 Å². The number of benzene rings is 2. The monoisotopic (exact) mass is 470 g/mol. The van der Waals surface area contributed by atoms with Crippen LogP contribution in [-0.2, 0) is 4.79 Å². The largest absolute Gasteiger partial charge is 0.504 e. The van der Waals surface area contributed by atoms with Crippen molar-refractivity contribution in [1.29, 1.82) is 0 Å². The summed E-state index contributed by atoms with van der Waals surface area (Å²) < 4.78 is 5.47. The number of carboxylic acids is 1. The molecule has 0 aliphatic heterocycles. The third-order valence-corrected chi connectivity index (χ3v) is 5.54. The first kappa shape index (κ1) is 25.1. The van der Waals surface area contributed by atoms with Crippen LogP contribution in [0.1, 0.15) is 37.4 Å². The van der Waals surface area contributed by atoms with Crippen LogP contribution in [0.3, 0.4) is 0 Å². The van der Waals surface area contributed by atoms with Crippen LogP contribution in [0, 0.1) is 5.92 Å². The fourth-order valence-corrected chi connectivity index (χ4v) is 3.58. The topological polar surface area (TPSA) is 125 Å². The highest BCUT2D eigenvalue weighted by Crippen LogP contribution is 2.31. The number of carboxylic acid groups (broad SMARTS) is 1. The van der Waals surface area contributed by atoms with Crippen molar-refractivity contribution >= 4 is 34.9 Å². The van der Waals surface area contributed by atoms with Crippen LogP contribution in [-0.4, -0.2) is 41.0 Å². The highest BCUT2D eigenvalue weighted by Gasteiger charge is 2.17. The number of phenols is 1. The van der Waals surface area contributed by atoms with Gasteiger partial charge in [-0.05, 0) is 55.6 Å². The van der Waals surface area contributed by atoms with Crippen molar-refractivity contribution in [2.75, 3.05) is 25.4 Å². The highest BCUT2D eigenvalue weighted by molar-refractivity contribution is 6.38. The number of aliphatic hydroxyl groups is 1. The number of unbranched alkanes of at least 4 members (excludes halogenated alkanes) is 1. The number of carbonyl (C=O) groups is 1. The third kappa shape index (κ3) is 8.10. The van der Waals surface area contributed by atoms with Crippen LogP contribution in [0.15, 0.2) is 36.4 Å². The van der Waals surface area contributed by atoms with Gasteiger partial charge in [0.05, 0.1) is 34.4 Å². The van der Waals surface area contributed by atoms with Gasteiger partial charge in [0.25, 0.3) is 0 Å². The molecule has 2 atom stereocenters. The van der Waals surface area contributed by atoms with Crippen molar-refractivity contribution in [2.45, 2.75) is 31.8 Å². The molecular formula is C22H28Cl2N2O5. The summed E-state index contributed by atoms with van der Waals surface area (Å²) in [7, 11) is 0. The maximum atomic E-state index is 11.5. The van der Waals surface area contributed by atoms with Crippen LogP contribution in [0.25, 0.3) is 0 Å². The van der Waals surface area contributed by atoms with Crippen molar-refractivity contribution in [3.05, 3.63) is 52.0 Å². The smallest absolute Gasteiger partial charge is 0.306 e. The summed E-state index contributed by atoms with van der Waals surface area (Å²) in [6, 6.07) is 9.76. The van der Waals surface area contributed by atoms with Gasteiger partial charge in [-0.15, -0.1) is 0 Å². The molecule has 6 N–H and O–H groups in total. The van der Waals surface area contributed by atoms with E-state index in [-0.39, 0.29) is 18.0 Å². The summed E-state index contributed by atoms with van der Waals surface area (Å²) in [5, 5.41) is 33.1. The zero-order valence-corrected chi connectivity index (χ0v) is 18.6. The number of aromatic hydroxyl groups is 1. The van der Waals surface area contributed by atoms with Crippen molar-refractivity contribution < 1.29 is 24.9 Å².